The lowest BCUT2D eigenvalue weighted by molar-refractivity contribution is 0.388. The van der Waals surface area contributed by atoms with Crippen LogP contribution in [0.15, 0.2) is 86.9 Å². The highest BCUT2D eigenvalue weighted by molar-refractivity contribution is 7.18. The van der Waals surface area contributed by atoms with Gasteiger partial charge in [-0.2, -0.15) is 0 Å². The molecule has 41 heavy (non-hydrogen) atoms. The van der Waals surface area contributed by atoms with E-state index in [2.05, 4.69) is 23.1 Å². The maximum absolute atomic E-state index is 13.9. The van der Waals surface area contributed by atoms with Gasteiger partial charge in [-0.25, -0.2) is 14.8 Å². The number of unbranched alkanes of at least 4 members (excludes halogenated alkanes) is 1. The van der Waals surface area contributed by atoms with E-state index >= 15 is 0 Å². The number of para-hydroxylation sites is 1. The molecule has 6 aromatic rings. The Morgan fingerprint density at radius 2 is 1.68 bits per heavy atom. The number of nitrogens with one attached hydrogen (secondary N) is 1. The Labute approximate surface area is 240 Å². The van der Waals surface area contributed by atoms with Crippen LogP contribution < -0.4 is 11.3 Å². The summed E-state index contributed by atoms with van der Waals surface area (Å²) >= 11 is 1.61. The molecule has 8 nitrogen and oxygen atoms in total. The van der Waals surface area contributed by atoms with Crippen LogP contribution in [0.25, 0.3) is 32.7 Å². The normalized spacial score (nSPS) is 11.4. The predicted octanol–water partition coefficient (Wildman–Crippen LogP) is 6.15. The molecular formula is C32H29N5O3S. The van der Waals surface area contributed by atoms with Crippen LogP contribution in [0.2, 0.25) is 0 Å². The van der Waals surface area contributed by atoms with E-state index in [1.54, 1.807) is 15.9 Å². The number of hydrogen-bond donors (Lipinski definition) is 1. The lowest BCUT2D eigenvalue weighted by Gasteiger charge is -2.15. The second-order valence-corrected chi connectivity index (χ2v) is 11.1. The van der Waals surface area contributed by atoms with Crippen molar-refractivity contribution in [2.75, 3.05) is 0 Å². The first kappa shape index (κ1) is 26.6. The van der Waals surface area contributed by atoms with Gasteiger partial charge in [-0.1, -0.05) is 79.2 Å². The summed E-state index contributed by atoms with van der Waals surface area (Å²) in [6, 6.07) is 23.9. The molecule has 6 rings (SSSR count). The molecule has 9 heteroatoms. The van der Waals surface area contributed by atoms with Crippen molar-refractivity contribution < 1.29 is 4.52 Å². The average Bonchev–Trinajstić information content (AvgIpc) is 3.62. The minimum Gasteiger partial charge on any atom is -0.296 e. The summed E-state index contributed by atoms with van der Waals surface area (Å²) in [6.45, 7) is 4.45. The second kappa shape index (κ2) is 11.5. The van der Waals surface area contributed by atoms with E-state index in [4.69, 9.17) is 14.5 Å². The van der Waals surface area contributed by atoms with E-state index in [-0.39, 0.29) is 5.56 Å². The maximum Gasteiger partial charge on any atom is 0.439 e. The van der Waals surface area contributed by atoms with Crippen molar-refractivity contribution in [3.63, 3.8) is 0 Å². The zero-order valence-corrected chi connectivity index (χ0v) is 23.7. The molecule has 0 amide bonds. The molecule has 0 saturated carbocycles. The molecule has 0 aliphatic carbocycles. The van der Waals surface area contributed by atoms with Gasteiger partial charge in [-0.05, 0) is 48.6 Å². The fraction of sp³-hybridized carbons (Fsp3) is 0.219. The monoisotopic (exact) mass is 563 g/mol. The Morgan fingerprint density at radius 3 is 2.41 bits per heavy atom. The van der Waals surface area contributed by atoms with Crippen LogP contribution in [0, 0.1) is 6.92 Å². The maximum atomic E-state index is 13.9. The van der Waals surface area contributed by atoms with E-state index in [1.807, 2.05) is 73.7 Å². The minimum atomic E-state index is -0.593. The van der Waals surface area contributed by atoms with Crippen molar-refractivity contribution in [2.45, 2.75) is 46.1 Å². The predicted molar refractivity (Wildman–Crippen MR) is 161 cm³/mol. The van der Waals surface area contributed by atoms with E-state index in [1.165, 1.54) is 0 Å². The largest absolute Gasteiger partial charge is 0.439 e. The molecule has 3 aromatic carbocycles. The van der Waals surface area contributed by atoms with Gasteiger partial charge in [-0.3, -0.25) is 18.9 Å². The van der Waals surface area contributed by atoms with Gasteiger partial charge >= 0.3 is 5.76 Å². The van der Waals surface area contributed by atoms with Crippen molar-refractivity contribution in [2.24, 2.45) is 0 Å². The third-order valence-electron chi connectivity index (χ3n) is 7.21. The van der Waals surface area contributed by atoms with Crippen LogP contribution in [0.5, 0.6) is 0 Å². The summed E-state index contributed by atoms with van der Waals surface area (Å²) < 4.78 is 7.58. The quantitative estimate of drug-likeness (QED) is 0.226. The van der Waals surface area contributed by atoms with Crippen molar-refractivity contribution in [3.8, 4) is 22.5 Å². The van der Waals surface area contributed by atoms with Crippen LogP contribution in [0.3, 0.4) is 0 Å². The van der Waals surface area contributed by atoms with Gasteiger partial charge in [0.25, 0.3) is 5.56 Å². The van der Waals surface area contributed by atoms with Gasteiger partial charge in [0.2, 0.25) is 0 Å². The van der Waals surface area contributed by atoms with Gasteiger partial charge in [-0.15, -0.1) is 11.3 Å². The van der Waals surface area contributed by atoms with Crippen molar-refractivity contribution >= 4 is 21.6 Å². The van der Waals surface area contributed by atoms with Gasteiger partial charge in [0, 0.05) is 17.5 Å². The molecule has 0 radical (unpaired) electrons. The smallest absolute Gasteiger partial charge is 0.296 e. The number of fused-ring (bicyclic) bond motifs is 1. The molecule has 0 aliphatic heterocycles. The number of benzene rings is 3. The van der Waals surface area contributed by atoms with E-state index in [0.717, 1.165) is 68.0 Å². The van der Waals surface area contributed by atoms with Crippen LogP contribution >= 0.6 is 11.3 Å². The Bertz CT molecular complexity index is 1920. The number of rotatable bonds is 9. The molecule has 3 aromatic heterocycles. The third kappa shape index (κ3) is 5.53. The number of thiazole rings is 1. The van der Waals surface area contributed by atoms with E-state index < -0.39 is 5.76 Å². The SMILES string of the molecule is CCCCc1nc(C)n(Cc2nc3ccccc3s2)c(=O)c1Cc1ccc(-c2ccccc2-c2noc(=O)[nH]2)cc1. The summed E-state index contributed by atoms with van der Waals surface area (Å²) in [6.07, 6.45) is 3.26. The van der Waals surface area contributed by atoms with Crippen molar-refractivity contribution in [3.05, 3.63) is 121 Å². The Hall–Kier alpha value is -4.63. The molecule has 0 spiro atoms. The van der Waals surface area contributed by atoms with Crippen molar-refractivity contribution in [1.29, 1.82) is 0 Å². The van der Waals surface area contributed by atoms with E-state index in [9.17, 15) is 9.59 Å². The molecule has 0 aliphatic rings. The molecule has 0 unspecified atom stereocenters. The third-order valence-corrected chi connectivity index (χ3v) is 8.23. The molecule has 206 valence electrons. The summed E-state index contributed by atoms with van der Waals surface area (Å²) in [5.41, 5.74) is 6.23. The molecule has 0 fully saturated rings. The number of aromatic nitrogens is 5. The Morgan fingerprint density at radius 1 is 0.927 bits per heavy atom. The lowest BCUT2D eigenvalue weighted by Crippen LogP contribution is -2.30. The van der Waals surface area contributed by atoms with E-state index in [0.29, 0.717) is 24.6 Å². The summed E-state index contributed by atoms with van der Waals surface area (Å²) in [5.74, 6) is 0.501. The van der Waals surface area contributed by atoms with Gasteiger partial charge in [0.15, 0.2) is 5.82 Å². The molecule has 0 saturated heterocycles. The Balaban J connectivity index is 1.33. The fourth-order valence-corrected chi connectivity index (χ4v) is 6.04. The van der Waals surface area contributed by atoms with Crippen LogP contribution in [0.4, 0.5) is 0 Å². The second-order valence-electron chi connectivity index (χ2n) is 10.0. The highest BCUT2D eigenvalue weighted by atomic mass is 32.1. The number of H-pyrrole nitrogens is 1. The molecule has 0 bridgehead atoms. The first-order valence-corrected chi connectivity index (χ1v) is 14.5. The Kier molecular flexibility index (Phi) is 7.43. The van der Waals surface area contributed by atoms with Crippen LogP contribution in [-0.4, -0.2) is 24.7 Å². The standard InChI is InChI=1S/C32H29N5O3S/c1-3-4-11-26-25(31(38)37(20(2)33-26)19-29-34-27-12-7-8-13-28(27)41-29)18-21-14-16-22(17-15-21)23-9-5-6-10-24(23)30-35-32(39)40-36-30/h5-10,12-17H,3-4,11,18-19H2,1-2H3,(H,35,36,39). The first-order valence-electron chi connectivity index (χ1n) is 13.7. The van der Waals surface area contributed by atoms with Crippen LogP contribution in [-0.2, 0) is 19.4 Å². The molecule has 0 atom stereocenters. The lowest BCUT2D eigenvalue weighted by atomic mass is 9.96. The molecule has 1 N–H and O–H groups in total. The van der Waals surface area contributed by atoms with Crippen molar-refractivity contribution in [1.82, 2.24) is 24.7 Å². The number of hydrogen-bond acceptors (Lipinski definition) is 7. The fourth-order valence-electron chi connectivity index (χ4n) is 5.09. The zero-order valence-electron chi connectivity index (χ0n) is 22.9. The summed E-state index contributed by atoms with van der Waals surface area (Å²) in [5, 5.41) is 4.75. The van der Waals surface area contributed by atoms with Gasteiger partial charge in [0.05, 0.1) is 22.5 Å². The number of aromatic amines is 1. The van der Waals surface area contributed by atoms with Crippen LogP contribution in [0.1, 0.15) is 47.4 Å². The van der Waals surface area contributed by atoms with Gasteiger partial charge in [0.1, 0.15) is 10.8 Å². The van der Waals surface area contributed by atoms with Gasteiger partial charge < -0.3 is 0 Å². The zero-order chi connectivity index (χ0) is 28.3. The number of aryl methyl sites for hydroxylation is 2. The highest BCUT2D eigenvalue weighted by Crippen LogP contribution is 2.30. The highest BCUT2D eigenvalue weighted by Gasteiger charge is 2.17. The number of nitrogens with zero attached hydrogens (tertiary/aromatic N) is 4. The first-order chi connectivity index (χ1) is 20.0. The topological polar surface area (TPSA) is 107 Å². The minimum absolute atomic E-state index is 0.00716. The average molecular weight is 564 g/mol. The summed E-state index contributed by atoms with van der Waals surface area (Å²) in [7, 11) is 0. The molecular weight excluding hydrogens is 534 g/mol. The molecule has 3 heterocycles. The summed E-state index contributed by atoms with van der Waals surface area (Å²) in [4.78, 5) is 37.8.